The van der Waals surface area contributed by atoms with Crippen LogP contribution >= 0.6 is 0 Å². The second-order valence-corrected chi connectivity index (χ2v) is 5.66. The summed E-state index contributed by atoms with van der Waals surface area (Å²) in [6, 6.07) is 15.9. The number of hydrogen-bond donors (Lipinski definition) is 1. The Balaban J connectivity index is 1.83. The van der Waals surface area contributed by atoms with Gasteiger partial charge in [-0.2, -0.15) is 0 Å². The van der Waals surface area contributed by atoms with Crippen LogP contribution < -0.4 is 5.73 Å². The predicted molar refractivity (Wildman–Crippen MR) is 83.9 cm³/mol. The molecular formula is C18H20N2O. The summed E-state index contributed by atoms with van der Waals surface area (Å²) < 4.78 is 0. The molecule has 3 heteroatoms. The van der Waals surface area contributed by atoms with Gasteiger partial charge in [0.25, 0.3) is 5.91 Å². The van der Waals surface area contributed by atoms with Crippen LogP contribution in [0, 0.1) is 0 Å². The molecule has 1 aliphatic heterocycles. The van der Waals surface area contributed by atoms with Crippen LogP contribution in [0.4, 0.5) is 0 Å². The molecule has 2 N–H and O–H groups in total. The highest BCUT2D eigenvalue weighted by atomic mass is 16.2. The summed E-state index contributed by atoms with van der Waals surface area (Å²) in [6.45, 7) is 3.43. The van der Waals surface area contributed by atoms with Gasteiger partial charge in [-0.15, -0.1) is 0 Å². The topological polar surface area (TPSA) is 46.3 Å². The van der Waals surface area contributed by atoms with Crippen molar-refractivity contribution in [1.82, 2.24) is 4.90 Å². The molecule has 0 saturated carbocycles. The molecule has 1 heterocycles. The number of benzene rings is 2. The summed E-state index contributed by atoms with van der Waals surface area (Å²) in [5.74, 6) is 0.104. The summed E-state index contributed by atoms with van der Waals surface area (Å²) in [7, 11) is 0. The van der Waals surface area contributed by atoms with Gasteiger partial charge in [0, 0.05) is 24.7 Å². The summed E-state index contributed by atoms with van der Waals surface area (Å²) in [5.41, 5.74) is 10.4. The maximum absolute atomic E-state index is 12.5. The highest BCUT2D eigenvalue weighted by Gasteiger charge is 2.22. The molecular weight excluding hydrogens is 260 g/mol. The first-order valence-electron chi connectivity index (χ1n) is 7.37. The Hall–Kier alpha value is -2.13. The molecule has 2 aromatic carbocycles. The number of carbonyl (C=O) groups excluding carboxylic acids is 1. The van der Waals surface area contributed by atoms with Gasteiger partial charge in [0.1, 0.15) is 0 Å². The van der Waals surface area contributed by atoms with Crippen molar-refractivity contribution < 1.29 is 4.79 Å². The third-order valence-corrected chi connectivity index (χ3v) is 4.08. The van der Waals surface area contributed by atoms with Crippen LogP contribution in [0.15, 0.2) is 48.5 Å². The highest BCUT2D eigenvalue weighted by molar-refractivity contribution is 5.94. The molecule has 1 atom stereocenters. The summed E-state index contributed by atoms with van der Waals surface area (Å²) in [5, 5.41) is 0. The minimum atomic E-state index is 0.0236. The molecule has 1 amide bonds. The van der Waals surface area contributed by atoms with Crippen LogP contribution in [0.3, 0.4) is 0 Å². The quantitative estimate of drug-likeness (QED) is 0.919. The third kappa shape index (κ3) is 2.83. The summed E-state index contributed by atoms with van der Waals surface area (Å²) >= 11 is 0. The van der Waals surface area contributed by atoms with Crippen molar-refractivity contribution in [1.29, 1.82) is 0 Å². The summed E-state index contributed by atoms with van der Waals surface area (Å²) in [4.78, 5) is 14.4. The number of nitrogens with two attached hydrogens (primary N) is 1. The van der Waals surface area contributed by atoms with E-state index < -0.39 is 0 Å². The van der Waals surface area contributed by atoms with Crippen LogP contribution in [0.5, 0.6) is 0 Å². The molecule has 2 aromatic rings. The fourth-order valence-electron chi connectivity index (χ4n) is 2.80. The number of hydrogen-bond acceptors (Lipinski definition) is 2. The monoisotopic (exact) mass is 280 g/mol. The Labute approximate surface area is 125 Å². The molecule has 0 aliphatic carbocycles. The van der Waals surface area contributed by atoms with E-state index in [1.54, 1.807) is 0 Å². The maximum atomic E-state index is 12.5. The molecule has 3 nitrogen and oxygen atoms in total. The second kappa shape index (κ2) is 5.70. The van der Waals surface area contributed by atoms with E-state index in [1.807, 2.05) is 42.2 Å². The van der Waals surface area contributed by atoms with Gasteiger partial charge in [-0.3, -0.25) is 4.79 Å². The first-order valence-corrected chi connectivity index (χ1v) is 7.37. The lowest BCUT2D eigenvalue weighted by Crippen LogP contribution is -2.36. The zero-order valence-corrected chi connectivity index (χ0v) is 12.3. The van der Waals surface area contributed by atoms with Crippen LogP contribution in [-0.4, -0.2) is 17.4 Å². The van der Waals surface area contributed by atoms with E-state index >= 15 is 0 Å². The number of rotatable bonds is 2. The van der Waals surface area contributed by atoms with E-state index in [0.717, 1.165) is 24.1 Å². The van der Waals surface area contributed by atoms with Crippen LogP contribution in [0.25, 0.3) is 0 Å². The summed E-state index contributed by atoms with van der Waals surface area (Å²) in [6.07, 6.45) is 0.910. The first-order chi connectivity index (χ1) is 10.1. The van der Waals surface area contributed by atoms with E-state index in [-0.39, 0.29) is 11.9 Å². The van der Waals surface area contributed by atoms with Gasteiger partial charge in [0.05, 0.1) is 0 Å². The molecule has 108 valence electrons. The van der Waals surface area contributed by atoms with E-state index in [0.29, 0.717) is 6.54 Å². The molecule has 21 heavy (non-hydrogen) atoms. The van der Waals surface area contributed by atoms with Crippen molar-refractivity contribution >= 4 is 5.91 Å². The standard InChI is InChI=1S/C18H20N2O/c1-13(19)16-8-7-14-9-10-20(12-17(14)11-16)18(21)15-5-3-2-4-6-15/h2-8,11,13H,9-10,12,19H2,1H3. The Morgan fingerprint density at radius 3 is 2.62 bits per heavy atom. The zero-order valence-electron chi connectivity index (χ0n) is 12.3. The lowest BCUT2D eigenvalue weighted by atomic mass is 9.95. The van der Waals surface area contributed by atoms with E-state index in [1.165, 1.54) is 11.1 Å². The minimum absolute atomic E-state index is 0.0236. The van der Waals surface area contributed by atoms with Crippen molar-refractivity contribution in [3.63, 3.8) is 0 Å². The van der Waals surface area contributed by atoms with Crippen LogP contribution in [0.2, 0.25) is 0 Å². The molecule has 0 radical (unpaired) electrons. The van der Waals surface area contributed by atoms with Crippen LogP contribution in [-0.2, 0) is 13.0 Å². The van der Waals surface area contributed by atoms with Crippen molar-refractivity contribution in [2.24, 2.45) is 5.73 Å². The molecule has 0 bridgehead atoms. The molecule has 0 fully saturated rings. The highest BCUT2D eigenvalue weighted by Crippen LogP contribution is 2.23. The Morgan fingerprint density at radius 1 is 1.14 bits per heavy atom. The fourth-order valence-corrected chi connectivity index (χ4v) is 2.80. The van der Waals surface area contributed by atoms with Gasteiger partial charge < -0.3 is 10.6 Å². The smallest absolute Gasteiger partial charge is 0.254 e. The minimum Gasteiger partial charge on any atom is -0.334 e. The Kier molecular flexibility index (Phi) is 3.76. The molecule has 3 rings (SSSR count). The molecule has 1 aliphatic rings. The second-order valence-electron chi connectivity index (χ2n) is 5.66. The van der Waals surface area contributed by atoms with E-state index in [2.05, 4.69) is 18.2 Å². The number of amides is 1. The van der Waals surface area contributed by atoms with Crippen molar-refractivity contribution in [3.8, 4) is 0 Å². The van der Waals surface area contributed by atoms with Crippen LogP contribution in [0.1, 0.15) is 40.0 Å². The normalized spacial score (nSPS) is 15.4. The third-order valence-electron chi connectivity index (χ3n) is 4.08. The number of nitrogens with zero attached hydrogens (tertiary/aromatic N) is 1. The fraction of sp³-hybridized carbons (Fsp3) is 0.278. The Bertz CT molecular complexity index is 650. The molecule has 0 spiro atoms. The Morgan fingerprint density at radius 2 is 1.90 bits per heavy atom. The van der Waals surface area contributed by atoms with Crippen molar-refractivity contribution in [2.45, 2.75) is 25.9 Å². The van der Waals surface area contributed by atoms with E-state index in [4.69, 9.17) is 5.73 Å². The van der Waals surface area contributed by atoms with Gasteiger partial charge in [-0.25, -0.2) is 0 Å². The van der Waals surface area contributed by atoms with Gasteiger partial charge in [-0.05, 0) is 42.2 Å². The average molecular weight is 280 g/mol. The maximum Gasteiger partial charge on any atom is 0.254 e. The zero-order chi connectivity index (χ0) is 14.8. The average Bonchev–Trinajstić information content (AvgIpc) is 2.54. The lowest BCUT2D eigenvalue weighted by Gasteiger charge is -2.29. The number of carbonyl (C=O) groups is 1. The largest absolute Gasteiger partial charge is 0.334 e. The first kappa shape index (κ1) is 13.8. The van der Waals surface area contributed by atoms with Crippen molar-refractivity contribution in [3.05, 3.63) is 70.8 Å². The lowest BCUT2D eigenvalue weighted by molar-refractivity contribution is 0.0734. The van der Waals surface area contributed by atoms with Gasteiger partial charge >= 0.3 is 0 Å². The SMILES string of the molecule is CC(N)c1ccc2c(c1)CN(C(=O)c1ccccc1)CC2. The van der Waals surface area contributed by atoms with Gasteiger partial charge in [0.15, 0.2) is 0 Å². The van der Waals surface area contributed by atoms with Gasteiger partial charge in [0.2, 0.25) is 0 Å². The molecule has 1 unspecified atom stereocenters. The molecule has 0 saturated heterocycles. The van der Waals surface area contributed by atoms with Crippen molar-refractivity contribution in [2.75, 3.05) is 6.54 Å². The molecule has 0 aromatic heterocycles. The van der Waals surface area contributed by atoms with Gasteiger partial charge in [-0.1, -0.05) is 36.4 Å². The number of fused-ring (bicyclic) bond motifs is 1. The predicted octanol–water partition coefficient (Wildman–Crippen LogP) is 2.90. The van der Waals surface area contributed by atoms with E-state index in [9.17, 15) is 4.79 Å².